The molecule has 0 unspecified atom stereocenters. The number of amides is 1. The van der Waals surface area contributed by atoms with E-state index in [-0.39, 0.29) is 17.2 Å². The Hall–Kier alpha value is -1.99. The van der Waals surface area contributed by atoms with Crippen LogP contribution < -0.4 is 15.4 Å². The fourth-order valence-electron chi connectivity index (χ4n) is 6.01. The average Bonchev–Trinajstić information content (AvgIpc) is 3.10. The van der Waals surface area contributed by atoms with E-state index in [1.807, 2.05) is 37.4 Å². The second kappa shape index (κ2) is 8.27. The Balaban J connectivity index is 1.38. The lowest BCUT2D eigenvalue weighted by Gasteiger charge is -2.56. The Morgan fingerprint density at radius 2 is 1.83 bits per heavy atom. The predicted molar refractivity (Wildman–Crippen MR) is 115 cm³/mol. The number of ether oxygens (including phenoxy) is 1. The van der Waals surface area contributed by atoms with E-state index in [0.29, 0.717) is 23.9 Å². The van der Waals surface area contributed by atoms with Crippen molar-refractivity contribution in [1.82, 2.24) is 15.8 Å². The minimum atomic E-state index is -0.161. The predicted octanol–water partition coefficient (Wildman–Crippen LogP) is 4.12. The van der Waals surface area contributed by atoms with Gasteiger partial charge in [-0.2, -0.15) is 0 Å². The van der Waals surface area contributed by atoms with Crippen molar-refractivity contribution in [2.45, 2.75) is 53.9 Å². The number of nitrogens with one attached hydrogen (secondary N) is 2. The van der Waals surface area contributed by atoms with Gasteiger partial charge in [-0.15, -0.1) is 0 Å². The first-order valence-electron chi connectivity index (χ1n) is 11.0. The molecule has 1 aromatic carbocycles. The molecule has 6 nitrogen and oxygen atoms in total. The molecule has 0 saturated heterocycles. The Kier molecular flexibility index (Phi) is 5.50. The van der Waals surface area contributed by atoms with Gasteiger partial charge in [0, 0.05) is 17.0 Å². The van der Waals surface area contributed by atoms with Gasteiger partial charge in [0.15, 0.2) is 0 Å². The molecule has 1 aromatic heterocycles. The summed E-state index contributed by atoms with van der Waals surface area (Å²) in [5.74, 6) is 2.79. The summed E-state index contributed by atoms with van der Waals surface area (Å²) in [7, 11) is 1.87. The molecule has 30 heavy (non-hydrogen) atoms. The monoisotopic (exact) mass is 427 g/mol. The topological polar surface area (TPSA) is 76.4 Å². The third-order valence-corrected chi connectivity index (χ3v) is 7.87. The zero-order valence-corrected chi connectivity index (χ0v) is 18.2. The van der Waals surface area contributed by atoms with Gasteiger partial charge in [0.05, 0.1) is 0 Å². The van der Waals surface area contributed by atoms with Gasteiger partial charge in [-0.1, -0.05) is 30.0 Å². The Morgan fingerprint density at radius 3 is 2.47 bits per heavy atom. The Bertz CT molecular complexity index is 863. The number of carbonyl (C=O) groups is 1. The van der Waals surface area contributed by atoms with E-state index in [2.05, 4.69) is 15.8 Å². The van der Waals surface area contributed by atoms with E-state index in [1.165, 1.54) is 31.0 Å². The third-order valence-electron chi connectivity index (χ3n) is 6.80. The minimum absolute atomic E-state index is 0.0690. The molecule has 1 amide bonds. The van der Waals surface area contributed by atoms with Gasteiger partial charge in [-0.25, -0.2) is 0 Å². The lowest BCUT2D eigenvalue weighted by atomic mass is 9.53. The van der Waals surface area contributed by atoms with Crippen molar-refractivity contribution < 1.29 is 14.1 Å². The zero-order chi connectivity index (χ0) is 20.6. The highest BCUT2D eigenvalue weighted by Gasteiger charge is 2.52. The van der Waals surface area contributed by atoms with Crippen LogP contribution in [0, 0.1) is 17.8 Å². The summed E-state index contributed by atoms with van der Waals surface area (Å²) in [6, 6.07) is 9.95. The molecule has 0 radical (unpaired) electrons. The first-order chi connectivity index (χ1) is 14.6. The maximum Gasteiger partial charge on any atom is 0.291 e. The number of likely N-dealkylation sites (N-methyl/N-ethyl adjacent to an activating group) is 1. The number of rotatable bonds is 8. The van der Waals surface area contributed by atoms with Crippen molar-refractivity contribution >= 4 is 17.7 Å². The van der Waals surface area contributed by atoms with E-state index in [1.54, 1.807) is 0 Å². The standard InChI is InChI=1S/C23H29N3O3S/c1-24-7-8-28-22-20(30-18-5-3-2-4-6-18)19(29-26-22)21(27)25-23-12-15-9-16(13-23)11-17(10-15)14-23/h2-6,15-17,24H,7-14H2,1H3,(H,25,27). The van der Waals surface area contributed by atoms with Crippen LogP contribution in [-0.4, -0.2) is 36.8 Å². The van der Waals surface area contributed by atoms with Crippen LogP contribution in [-0.2, 0) is 0 Å². The van der Waals surface area contributed by atoms with Crippen LogP contribution >= 0.6 is 11.8 Å². The first kappa shape index (κ1) is 19.9. The van der Waals surface area contributed by atoms with Crippen molar-refractivity contribution in [1.29, 1.82) is 0 Å². The quantitative estimate of drug-likeness (QED) is 0.617. The van der Waals surface area contributed by atoms with Crippen molar-refractivity contribution in [3.63, 3.8) is 0 Å². The number of benzene rings is 1. The van der Waals surface area contributed by atoms with E-state index < -0.39 is 0 Å². The normalized spacial score (nSPS) is 29.2. The van der Waals surface area contributed by atoms with Crippen LogP contribution in [0.3, 0.4) is 0 Å². The lowest BCUT2D eigenvalue weighted by Crippen LogP contribution is -2.59. The molecular formula is C23H29N3O3S. The van der Waals surface area contributed by atoms with Gasteiger partial charge in [-0.3, -0.25) is 4.79 Å². The molecule has 4 aliphatic carbocycles. The largest absolute Gasteiger partial charge is 0.473 e. The molecule has 2 aromatic rings. The second-order valence-electron chi connectivity index (χ2n) is 9.17. The second-order valence-corrected chi connectivity index (χ2v) is 10.2. The molecule has 6 rings (SSSR count). The molecule has 7 heteroatoms. The summed E-state index contributed by atoms with van der Waals surface area (Å²) in [4.78, 5) is 15.0. The summed E-state index contributed by atoms with van der Waals surface area (Å²) in [6.45, 7) is 1.15. The van der Waals surface area contributed by atoms with Crippen LogP contribution in [0.4, 0.5) is 0 Å². The number of aromatic nitrogens is 1. The molecule has 4 fully saturated rings. The Labute approximate surface area is 181 Å². The lowest BCUT2D eigenvalue weighted by molar-refractivity contribution is -0.0173. The molecule has 0 aliphatic heterocycles. The molecule has 2 N–H and O–H groups in total. The van der Waals surface area contributed by atoms with Gasteiger partial charge in [-0.05, 0) is 80.6 Å². The number of hydrogen-bond acceptors (Lipinski definition) is 6. The summed E-state index contributed by atoms with van der Waals surface area (Å²) in [6.07, 6.45) is 7.34. The van der Waals surface area contributed by atoms with E-state index in [0.717, 1.165) is 41.9 Å². The van der Waals surface area contributed by atoms with Gasteiger partial charge in [0.2, 0.25) is 5.76 Å². The molecular weight excluding hydrogens is 398 g/mol. The highest BCUT2D eigenvalue weighted by molar-refractivity contribution is 7.99. The van der Waals surface area contributed by atoms with Crippen molar-refractivity contribution in [2.24, 2.45) is 17.8 Å². The summed E-state index contributed by atoms with van der Waals surface area (Å²) >= 11 is 1.46. The summed E-state index contributed by atoms with van der Waals surface area (Å²) in [5.41, 5.74) is -0.0690. The zero-order valence-electron chi connectivity index (χ0n) is 17.4. The van der Waals surface area contributed by atoms with E-state index in [4.69, 9.17) is 9.26 Å². The van der Waals surface area contributed by atoms with Crippen molar-refractivity contribution in [2.75, 3.05) is 20.2 Å². The maximum absolute atomic E-state index is 13.4. The van der Waals surface area contributed by atoms with Crippen LogP contribution in [0.2, 0.25) is 0 Å². The molecule has 0 atom stereocenters. The SMILES string of the molecule is CNCCOc1noc(C(=O)NC23CC4CC(CC(C4)C2)C3)c1Sc1ccccc1. The summed E-state index contributed by atoms with van der Waals surface area (Å²) in [5, 5.41) is 10.5. The van der Waals surface area contributed by atoms with Crippen LogP contribution in [0.15, 0.2) is 44.6 Å². The fraction of sp³-hybridized carbons (Fsp3) is 0.565. The van der Waals surface area contributed by atoms with Crippen LogP contribution in [0.5, 0.6) is 5.88 Å². The van der Waals surface area contributed by atoms with Gasteiger partial charge in [0.25, 0.3) is 11.8 Å². The molecule has 4 bridgehead atoms. The molecule has 4 aliphatic rings. The average molecular weight is 428 g/mol. The van der Waals surface area contributed by atoms with Gasteiger partial charge in [0.1, 0.15) is 11.5 Å². The fourth-order valence-corrected chi connectivity index (χ4v) is 6.95. The number of carbonyl (C=O) groups excluding carboxylic acids is 1. The number of hydrogen-bond donors (Lipinski definition) is 2. The minimum Gasteiger partial charge on any atom is -0.473 e. The summed E-state index contributed by atoms with van der Waals surface area (Å²) < 4.78 is 11.4. The van der Waals surface area contributed by atoms with Crippen LogP contribution in [0.1, 0.15) is 49.1 Å². The van der Waals surface area contributed by atoms with E-state index in [9.17, 15) is 4.79 Å². The van der Waals surface area contributed by atoms with Crippen molar-refractivity contribution in [3.05, 3.63) is 36.1 Å². The molecule has 4 saturated carbocycles. The highest BCUT2D eigenvalue weighted by Crippen LogP contribution is 2.55. The molecule has 1 heterocycles. The van der Waals surface area contributed by atoms with Crippen molar-refractivity contribution in [3.8, 4) is 5.88 Å². The first-order valence-corrected chi connectivity index (χ1v) is 11.8. The molecule has 160 valence electrons. The van der Waals surface area contributed by atoms with Gasteiger partial charge < -0.3 is 19.9 Å². The smallest absolute Gasteiger partial charge is 0.291 e. The maximum atomic E-state index is 13.4. The number of nitrogens with zero attached hydrogens (tertiary/aromatic N) is 1. The Morgan fingerprint density at radius 1 is 1.17 bits per heavy atom. The van der Waals surface area contributed by atoms with E-state index >= 15 is 0 Å². The van der Waals surface area contributed by atoms with Crippen LogP contribution in [0.25, 0.3) is 0 Å². The van der Waals surface area contributed by atoms with Gasteiger partial charge >= 0.3 is 0 Å². The molecule has 0 spiro atoms. The highest BCUT2D eigenvalue weighted by atomic mass is 32.2. The third kappa shape index (κ3) is 3.97.